The van der Waals surface area contributed by atoms with Crippen LogP contribution >= 0.6 is 38.9 Å². The number of benzene rings is 1. The predicted molar refractivity (Wildman–Crippen MR) is 85.5 cm³/mol. The highest BCUT2D eigenvalue weighted by Gasteiger charge is 2.17. The Morgan fingerprint density at radius 2 is 1.61 bits per heavy atom. The molecule has 0 saturated heterocycles. The Morgan fingerprint density at radius 3 is 2.17 bits per heavy atom. The highest BCUT2D eigenvalue weighted by atomic mass is 79.9. The van der Waals surface area contributed by atoms with Crippen molar-refractivity contribution in [2.75, 3.05) is 0 Å². The van der Waals surface area contributed by atoms with E-state index < -0.39 is 0 Å². The summed E-state index contributed by atoms with van der Waals surface area (Å²) in [5, 5.41) is 0.837. The molecule has 1 heterocycles. The van der Waals surface area contributed by atoms with Gasteiger partial charge in [-0.15, -0.1) is 11.3 Å². The molecule has 0 nitrogen and oxygen atoms in total. The first-order valence-electron chi connectivity index (χ1n) is 5.87. The van der Waals surface area contributed by atoms with Crippen LogP contribution in [0.3, 0.4) is 0 Å². The lowest BCUT2D eigenvalue weighted by molar-refractivity contribution is 1.19. The number of thiophene rings is 1. The fourth-order valence-corrected chi connectivity index (χ4v) is 4.17. The van der Waals surface area contributed by atoms with Gasteiger partial charge >= 0.3 is 0 Å². The Balaban J connectivity index is 2.45. The van der Waals surface area contributed by atoms with E-state index >= 15 is 0 Å². The maximum atomic E-state index is 6.37. The maximum absolute atomic E-state index is 6.37. The van der Waals surface area contributed by atoms with Gasteiger partial charge in [0.25, 0.3) is 0 Å². The van der Waals surface area contributed by atoms with Crippen molar-refractivity contribution >= 4 is 38.9 Å². The van der Waals surface area contributed by atoms with E-state index in [-0.39, 0.29) is 4.83 Å². The van der Waals surface area contributed by atoms with E-state index in [4.69, 9.17) is 11.6 Å². The van der Waals surface area contributed by atoms with E-state index in [1.165, 1.54) is 26.4 Å². The lowest BCUT2D eigenvalue weighted by atomic mass is 10.0. The number of alkyl halides is 1. The van der Waals surface area contributed by atoms with Crippen molar-refractivity contribution in [1.82, 2.24) is 0 Å². The first kappa shape index (κ1) is 14.1. The summed E-state index contributed by atoms with van der Waals surface area (Å²) in [7, 11) is 0. The molecule has 0 saturated carbocycles. The van der Waals surface area contributed by atoms with Crippen LogP contribution in [0.5, 0.6) is 0 Å². The quantitative estimate of drug-likeness (QED) is 0.576. The highest BCUT2D eigenvalue weighted by molar-refractivity contribution is 9.09. The summed E-state index contributed by atoms with van der Waals surface area (Å²) >= 11 is 12.0. The molecular formula is C15H16BrClS. The Labute approximate surface area is 126 Å². The molecule has 1 aromatic heterocycles. The lowest BCUT2D eigenvalue weighted by Crippen LogP contribution is -1.94. The molecule has 0 aliphatic carbocycles. The van der Waals surface area contributed by atoms with Gasteiger partial charge in [0, 0.05) is 14.8 Å². The molecule has 0 fully saturated rings. The molecular weight excluding hydrogens is 328 g/mol. The Morgan fingerprint density at radius 1 is 1.00 bits per heavy atom. The third-order valence-corrected chi connectivity index (χ3v) is 6.16. The van der Waals surface area contributed by atoms with Crippen LogP contribution in [0.1, 0.15) is 36.8 Å². The van der Waals surface area contributed by atoms with Gasteiger partial charge in [0.2, 0.25) is 0 Å². The summed E-state index contributed by atoms with van der Waals surface area (Å²) in [6.07, 6.45) is 0. The number of rotatable bonds is 2. The van der Waals surface area contributed by atoms with Crippen LogP contribution in [0, 0.1) is 27.7 Å². The van der Waals surface area contributed by atoms with Crippen molar-refractivity contribution in [3.05, 3.63) is 55.2 Å². The fraction of sp³-hybridized carbons (Fsp3) is 0.333. The van der Waals surface area contributed by atoms with Gasteiger partial charge in [-0.25, -0.2) is 0 Å². The molecule has 0 aliphatic rings. The average Bonchev–Trinajstić information content (AvgIpc) is 2.63. The number of hydrogen-bond donors (Lipinski definition) is 0. The molecule has 1 aromatic carbocycles. The number of aryl methyl sites for hydroxylation is 4. The molecule has 0 amide bonds. The van der Waals surface area contributed by atoms with Crippen molar-refractivity contribution in [1.29, 1.82) is 0 Å². The largest absolute Gasteiger partial charge is 0.144 e. The second-order valence-electron chi connectivity index (χ2n) is 4.71. The molecule has 3 heteroatoms. The SMILES string of the molecule is Cc1cc(Cl)c(C(Br)c2cc(C)c(C)s2)cc1C. The lowest BCUT2D eigenvalue weighted by Gasteiger charge is -2.13. The minimum Gasteiger partial charge on any atom is -0.144 e. The zero-order valence-electron chi connectivity index (χ0n) is 11.0. The van der Waals surface area contributed by atoms with Gasteiger partial charge in [-0.3, -0.25) is 0 Å². The fourth-order valence-electron chi connectivity index (χ4n) is 1.88. The van der Waals surface area contributed by atoms with Gasteiger partial charge in [-0.05, 0) is 62.1 Å². The Hall–Kier alpha value is -0.310. The molecule has 1 atom stereocenters. The molecule has 0 radical (unpaired) electrons. The van der Waals surface area contributed by atoms with E-state index in [0.717, 1.165) is 10.6 Å². The van der Waals surface area contributed by atoms with Crippen LogP contribution in [0.15, 0.2) is 18.2 Å². The zero-order chi connectivity index (χ0) is 13.4. The molecule has 0 N–H and O–H groups in total. The Kier molecular flexibility index (Phi) is 4.20. The first-order chi connectivity index (χ1) is 8.40. The van der Waals surface area contributed by atoms with E-state index in [2.05, 4.69) is 55.8 Å². The van der Waals surface area contributed by atoms with E-state index in [0.29, 0.717) is 0 Å². The van der Waals surface area contributed by atoms with Gasteiger partial charge in [0.1, 0.15) is 0 Å². The van der Waals surface area contributed by atoms with Crippen molar-refractivity contribution < 1.29 is 0 Å². The average molecular weight is 344 g/mol. The topological polar surface area (TPSA) is 0 Å². The third-order valence-electron chi connectivity index (χ3n) is 3.32. The molecule has 0 spiro atoms. The summed E-state index contributed by atoms with van der Waals surface area (Å²) in [6, 6.07) is 6.47. The molecule has 96 valence electrons. The summed E-state index contributed by atoms with van der Waals surface area (Å²) in [4.78, 5) is 2.87. The molecule has 0 aliphatic heterocycles. The molecule has 2 aromatic rings. The third kappa shape index (κ3) is 2.66. The van der Waals surface area contributed by atoms with Crippen LogP contribution in [0.2, 0.25) is 5.02 Å². The van der Waals surface area contributed by atoms with Crippen LogP contribution in [-0.4, -0.2) is 0 Å². The smallest absolute Gasteiger partial charge is 0.0752 e. The van der Waals surface area contributed by atoms with E-state index in [9.17, 15) is 0 Å². The van der Waals surface area contributed by atoms with Gasteiger partial charge in [0.05, 0.1) is 4.83 Å². The normalized spacial score (nSPS) is 12.8. The maximum Gasteiger partial charge on any atom is 0.0752 e. The summed E-state index contributed by atoms with van der Waals surface area (Å²) in [6.45, 7) is 8.52. The van der Waals surface area contributed by atoms with Crippen molar-refractivity contribution in [3.8, 4) is 0 Å². The van der Waals surface area contributed by atoms with Crippen molar-refractivity contribution in [2.45, 2.75) is 32.5 Å². The minimum absolute atomic E-state index is 0.182. The second kappa shape index (κ2) is 5.36. The van der Waals surface area contributed by atoms with Gasteiger partial charge in [0.15, 0.2) is 0 Å². The van der Waals surface area contributed by atoms with Gasteiger partial charge in [-0.2, -0.15) is 0 Å². The van der Waals surface area contributed by atoms with Crippen molar-refractivity contribution in [2.24, 2.45) is 0 Å². The van der Waals surface area contributed by atoms with E-state index in [1.54, 1.807) is 0 Å². The molecule has 1 unspecified atom stereocenters. The molecule has 0 bridgehead atoms. The van der Waals surface area contributed by atoms with Crippen LogP contribution < -0.4 is 0 Å². The minimum atomic E-state index is 0.182. The number of halogens is 2. The summed E-state index contributed by atoms with van der Waals surface area (Å²) in [5.74, 6) is 0. The monoisotopic (exact) mass is 342 g/mol. The second-order valence-corrected chi connectivity index (χ2v) is 7.32. The molecule has 18 heavy (non-hydrogen) atoms. The Bertz CT molecular complexity index is 567. The van der Waals surface area contributed by atoms with Crippen LogP contribution in [0.4, 0.5) is 0 Å². The number of hydrogen-bond acceptors (Lipinski definition) is 1. The predicted octanol–water partition coefficient (Wildman–Crippen LogP) is 6.12. The van der Waals surface area contributed by atoms with Gasteiger partial charge in [-0.1, -0.05) is 33.6 Å². The summed E-state index contributed by atoms with van der Waals surface area (Å²) in [5.41, 5.74) is 5.02. The van der Waals surface area contributed by atoms with E-state index in [1.807, 2.05) is 17.4 Å². The van der Waals surface area contributed by atoms with Crippen molar-refractivity contribution in [3.63, 3.8) is 0 Å². The zero-order valence-corrected chi connectivity index (χ0v) is 14.1. The standard InChI is InChI=1S/C15H16BrClS/c1-8-5-12(13(17)6-9(8)2)15(16)14-7-10(3)11(4)18-14/h5-7,15H,1-4H3. The summed E-state index contributed by atoms with van der Waals surface area (Å²) < 4.78 is 0. The first-order valence-corrected chi connectivity index (χ1v) is 7.98. The molecule has 2 rings (SSSR count). The van der Waals surface area contributed by atoms with Gasteiger partial charge < -0.3 is 0 Å². The van der Waals surface area contributed by atoms with Crippen LogP contribution in [-0.2, 0) is 0 Å². The van der Waals surface area contributed by atoms with Crippen LogP contribution in [0.25, 0.3) is 0 Å². The highest BCUT2D eigenvalue weighted by Crippen LogP contribution is 2.40.